The summed E-state index contributed by atoms with van der Waals surface area (Å²) >= 11 is 0. The molecule has 2 N–H and O–H groups in total. The molecule has 0 fully saturated rings. The highest BCUT2D eigenvalue weighted by molar-refractivity contribution is 5.77. The molecule has 1 aromatic heterocycles. The summed E-state index contributed by atoms with van der Waals surface area (Å²) < 4.78 is 0. The highest BCUT2D eigenvalue weighted by Gasteiger charge is 2.00. The van der Waals surface area contributed by atoms with E-state index in [0.29, 0.717) is 18.9 Å². The van der Waals surface area contributed by atoms with Gasteiger partial charge < -0.3 is 10.6 Å². The Kier molecular flexibility index (Phi) is 5.15. The summed E-state index contributed by atoms with van der Waals surface area (Å²) in [5, 5.41) is 5.68. The van der Waals surface area contributed by atoms with E-state index in [1.807, 2.05) is 6.92 Å². The molecule has 0 bridgehead atoms. The Hall–Kier alpha value is -1.75. The van der Waals surface area contributed by atoms with Crippen molar-refractivity contribution in [1.82, 2.24) is 20.6 Å². The SMILES string of the molecule is C=CCNCC(=O)NCc1ccnc(C)n1. The molecule has 0 saturated heterocycles. The number of nitrogens with one attached hydrogen (secondary N) is 2. The minimum atomic E-state index is -0.0573. The highest BCUT2D eigenvalue weighted by atomic mass is 16.1. The second-order valence-electron chi connectivity index (χ2n) is 3.29. The number of hydrogen-bond donors (Lipinski definition) is 2. The molecule has 1 heterocycles. The van der Waals surface area contributed by atoms with Crippen molar-refractivity contribution in [3.05, 3.63) is 36.4 Å². The molecule has 0 radical (unpaired) electrons. The molecule has 0 atom stereocenters. The summed E-state index contributed by atoms with van der Waals surface area (Å²) in [5.74, 6) is 0.648. The topological polar surface area (TPSA) is 66.9 Å². The maximum Gasteiger partial charge on any atom is 0.234 e. The molecule has 0 spiro atoms. The quantitative estimate of drug-likeness (QED) is 0.530. The van der Waals surface area contributed by atoms with Crippen LogP contribution in [-0.4, -0.2) is 29.0 Å². The molecule has 5 heteroatoms. The Balaban J connectivity index is 2.28. The van der Waals surface area contributed by atoms with Gasteiger partial charge in [0.1, 0.15) is 5.82 Å². The van der Waals surface area contributed by atoms with Crippen molar-refractivity contribution < 1.29 is 4.79 Å². The largest absolute Gasteiger partial charge is 0.349 e. The van der Waals surface area contributed by atoms with E-state index in [1.54, 1.807) is 18.3 Å². The summed E-state index contributed by atoms with van der Waals surface area (Å²) in [5.41, 5.74) is 0.810. The fourth-order valence-corrected chi connectivity index (χ4v) is 1.14. The summed E-state index contributed by atoms with van der Waals surface area (Å²) in [6.45, 7) is 6.71. The zero-order valence-corrected chi connectivity index (χ0v) is 9.36. The summed E-state index contributed by atoms with van der Waals surface area (Å²) in [4.78, 5) is 19.5. The lowest BCUT2D eigenvalue weighted by molar-refractivity contribution is -0.120. The Morgan fingerprint density at radius 1 is 1.62 bits per heavy atom. The normalized spacial score (nSPS) is 9.81. The van der Waals surface area contributed by atoms with Gasteiger partial charge in [-0.2, -0.15) is 0 Å². The van der Waals surface area contributed by atoms with Crippen LogP contribution in [0.2, 0.25) is 0 Å². The molecule has 0 aromatic carbocycles. The number of aryl methyl sites for hydroxylation is 1. The van der Waals surface area contributed by atoms with Crippen LogP contribution in [0.25, 0.3) is 0 Å². The van der Waals surface area contributed by atoms with Gasteiger partial charge in [0.05, 0.1) is 18.8 Å². The number of nitrogens with zero attached hydrogens (tertiary/aromatic N) is 2. The predicted octanol–water partition coefficient (Wildman–Crippen LogP) is 0.177. The lowest BCUT2D eigenvalue weighted by atomic mass is 10.4. The first-order valence-corrected chi connectivity index (χ1v) is 5.09. The molecule has 0 aliphatic carbocycles. The monoisotopic (exact) mass is 220 g/mol. The number of rotatable bonds is 6. The van der Waals surface area contributed by atoms with Crippen LogP contribution in [0.15, 0.2) is 24.9 Å². The second kappa shape index (κ2) is 6.68. The average Bonchev–Trinajstić information content (AvgIpc) is 2.27. The van der Waals surface area contributed by atoms with Gasteiger partial charge in [-0.25, -0.2) is 9.97 Å². The first-order chi connectivity index (χ1) is 7.72. The second-order valence-corrected chi connectivity index (χ2v) is 3.29. The van der Waals surface area contributed by atoms with E-state index in [9.17, 15) is 4.79 Å². The van der Waals surface area contributed by atoms with Gasteiger partial charge in [0, 0.05) is 12.7 Å². The summed E-state index contributed by atoms with van der Waals surface area (Å²) in [6, 6.07) is 1.78. The molecule has 86 valence electrons. The fourth-order valence-electron chi connectivity index (χ4n) is 1.14. The summed E-state index contributed by atoms with van der Waals surface area (Å²) in [7, 11) is 0. The lowest BCUT2D eigenvalue weighted by Gasteiger charge is -2.05. The number of amides is 1. The average molecular weight is 220 g/mol. The fraction of sp³-hybridized carbons (Fsp3) is 0.364. The molecule has 1 aromatic rings. The molecule has 0 aliphatic rings. The minimum absolute atomic E-state index is 0.0573. The third-order valence-corrected chi connectivity index (χ3v) is 1.87. The van der Waals surface area contributed by atoms with Crippen LogP contribution < -0.4 is 10.6 Å². The Morgan fingerprint density at radius 2 is 2.44 bits per heavy atom. The van der Waals surface area contributed by atoms with E-state index < -0.39 is 0 Å². The van der Waals surface area contributed by atoms with Crippen LogP contribution in [-0.2, 0) is 11.3 Å². The zero-order chi connectivity index (χ0) is 11.8. The van der Waals surface area contributed by atoms with E-state index >= 15 is 0 Å². The lowest BCUT2D eigenvalue weighted by Crippen LogP contribution is -2.33. The van der Waals surface area contributed by atoms with Crippen molar-refractivity contribution in [2.75, 3.05) is 13.1 Å². The van der Waals surface area contributed by atoms with Crippen molar-refractivity contribution in [2.24, 2.45) is 0 Å². The molecule has 1 amide bonds. The van der Waals surface area contributed by atoms with E-state index in [2.05, 4.69) is 27.2 Å². The van der Waals surface area contributed by atoms with Crippen LogP contribution in [0.3, 0.4) is 0 Å². The van der Waals surface area contributed by atoms with Crippen LogP contribution in [0.5, 0.6) is 0 Å². The first-order valence-electron chi connectivity index (χ1n) is 5.09. The molecule has 0 saturated carbocycles. The van der Waals surface area contributed by atoms with Gasteiger partial charge in [-0.15, -0.1) is 6.58 Å². The van der Waals surface area contributed by atoms with Crippen molar-refractivity contribution >= 4 is 5.91 Å². The van der Waals surface area contributed by atoms with Gasteiger partial charge >= 0.3 is 0 Å². The molecule has 0 unspecified atom stereocenters. The van der Waals surface area contributed by atoms with Gasteiger partial charge in [0.25, 0.3) is 0 Å². The van der Waals surface area contributed by atoms with Crippen molar-refractivity contribution in [1.29, 1.82) is 0 Å². The first kappa shape index (κ1) is 12.3. The van der Waals surface area contributed by atoms with Crippen LogP contribution in [0, 0.1) is 6.92 Å². The number of carbonyl (C=O) groups is 1. The number of aromatic nitrogens is 2. The van der Waals surface area contributed by atoms with E-state index in [1.165, 1.54) is 0 Å². The molecule has 16 heavy (non-hydrogen) atoms. The molecule has 5 nitrogen and oxygen atoms in total. The molecule has 0 aliphatic heterocycles. The third-order valence-electron chi connectivity index (χ3n) is 1.87. The minimum Gasteiger partial charge on any atom is -0.349 e. The van der Waals surface area contributed by atoms with Crippen LogP contribution in [0.4, 0.5) is 0 Å². The van der Waals surface area contributed by atoms with Gasteiger partial charge in [-0.3, -0.25) is 4.79 Å². The van der Waals surface area contributed by atoms with E-state index in [0.717, 1.165) is 5.69 Å². The Bertz CT molecular complexity index is 365. The van der Waals surface area contributed by atoms with Crippen molar-refractivity contribution in [3.63, 3.8) is 0 Å². The van der Waals surface area contributed by atoms with E-state index in [4.69, 9.17) is 0 Å². The maximum atomic E-state index is 11.3. The third kappa shape index (κ3) is 4.65. The summed E-state index contributed by atoms with van der Waals surface area (Å²) in [6.07, 6.45) is 3.39. The standard InChI is InChI=1S/C11H16N4O/c1-3-5-12-8-11(16)14-7-10-4-6-13-9(2)15-10/h3-4,6,12H,1,5,7-8H2,2H3,(H,14,16). The van der Waals surface area contributed by atoms with Crippen molar-refractivity contribution in [2.45, 2.75) is 13.5 Å². The van der Waals surface area contributed by atoms with Crippen LogP contribution >= 0.6 is 0 Å². The Labute approximate surface area is 95.0 Å². The highest BCUT2D eigenvalue weighted by Crippen LogP contribution is 1.93. The van der Waals surface area contributed by atoms with Gasteiger partial charge in [0.15, 0.2) is 0 Å². The Morgan fingerprint density at radius 3 is 3.12 bits per heavy atom. The maximum absolute atomic E-state index is 11.3. The molecule has 1 rings (SSSR count). The van der Waals surface area contributed by atoms with Crippen LogP contribution in [0.1, 0.15) is 11.5 Å². The van der Waals surface area contributed by atoms with Gasteiger partial charge in [-0.1, -0.05) is 6.08 Å². The number of hydrogen-bond acceptors (Lipinski definition) is 4. The number of carbonyl (C=O) groups excluding carboxylic acids is 1. The zero-order valence-electron chi connectivity index (χ0n) is 9.36. The smallest absolute Gasteiger partial charge is 0.234 e. The van der Waals surface area contributed by atoms with Crippen molar-refractivity contribution in [3.8, 4) is 0 Å². The molecular formula is C11H16N4O. The predicted molar refractivity (Wildman–Crippen MR) is 61.7 cm³/mol. The van der Waals surface area contributed by atoms with E-state index in [-0.39, 0.29) is 12.5 Å². The van der Waals surface area contributed by atoms with Gasteiger partial charge in [-0.05, 0) is 13.0 Å². The van der Waals surface area contributed by atoms with Gasteiger partial charge in [0.2, 0.25) is 5.91 Å². The molecular weight excluding hydrogens is 204 g/mol.